The first-order chi connectivity index (χ1) is 20.4. The molecule has 3 heterocycles. The van der Waals surface area contributed by atoms with Gasteiger partial charge in [0.25, 0.3) is 11.8 Å². The average Bonchev–Trinajstić information content (AvgIpc) is 3.64. The smallest absolute Gasteiger partial charge is 0.335 e. The third kappa shape index (κ3) is 5.62. The number of rotatable bonds is 8. The zero-order valence-electron chi connectivity index (χ0n) is 23.5. The molecule has 1 aliphatic carbocycles. The molecule has 0 radical (unpaired) electrons. The number of hydrogen-bond acceptors (Lipinski definition) is 6. The van der Waals surface area contributed by atoms with Crippen LogP contribution in [-0.2, 0) is 13.0 Å². The highest BCUT2D eigenvalue weighted by molar-refractivity contribution is 5.98. The zero-order chi connectivity index (χ0) is 29.2. The minimum atomic E-state index is -0.958. The molecule has 6 rings (SSSR count). The van der Waals surface area contributed by atoms with E-state index >= 15 is 0 Å². The molecule has 42 heavy (non-hydrogen) atoms. The second-order valence-corrected chi connectivity index (χ2v) is 11.2. The van der Waals surface area contributed by atoms with Gasteiger partial charge in [0.1, 0.15) is 11.4 Å². The summed E-state index contributed by atoms with van der Waals surface area (Å²) in [6.45, 7) is 5.28. The third-order valence-corrected chi connectivity index (χ3v) is 8.56. The van der Waals surface area contributed by atoms with Crippen LogP contribution in [0.3, 0.4) is 0 Å². The van der Waals surface area contributed by atoms with Gasteiger partial charge in [-0.15, -0.1) is 0 Å². The molecule has 0 unspecified atom stereocenters. The van der Waals surface area contributed by atoms with Gasteiger partial charge in [-0.25, -0.2) is 14.3 Å². The molecule has 2 aromatic heterocycles. The van der Waals surface area contributed by atoms with Crippen molar-refractivity contribution in [2.45, 2.75) is 45.2 Å². The van der Waals surface area contributed by atoms with Gasteiger partial charge in [0.2, 0.25) is 0 Å². The van der Waals surface area contributed by atoms with Crippen LogP contribution in [0, 0.1) is 12.8 Å². The largest absolute Gasteiger partial charge is 0.478 e. The van der Waals surface area contributed by atoms with Gasteiger partial charge in [0.05, 0.1) is 17.8 Å². The normalized spacial score (nSPS) is 17.2. The molecule has 1 aliphatic heterocycles. The molecular formula is C32H34N6O4. The second kappa shape index (κ2) is 11.7. The maximum absolute atomic E-state index is 13.5. The van der Waals surface area contributed by atoms with E-state index in [1.807, 2.05) is 13.0 Å². The van der Waals surface area contributed by atoms with Crippen LogP contribution in [0.1, 0.15) is 78.9 Å². The van der Waals surface area contributed by atoms with Crippen molar-refractivity contribution < 1.29 is 19.5 Å². The van der Waals surface area contributed by atoms with E-state index in [0.717, 1.165) is 49.2 Å². The van der Waals surface area contributed by atoms with E-state index in [1.165, 1.54) is 16.1 Å². The number of hydrogen-bond donors (Lipinski definition) is 3. The van der Waals surface area contributed by atoms with Crippen molar-refractivity contribution in [3.05, 3.63) is 100.0 Å². The Morgan fingerprint density at radius 2 is 1.79 bits per heavy atom. The van der Waals surface area contributed by atoms with Gasteiger partial charge in [-0.2, -0.15) is 5.10 Å². The number of fused-ring (bicyclic) bond motifs is 2. The Bertz CT molecular complexity index is 1640. The molecule has 2 amide bonds. The number of nitrogens with one attached hydrogen (secondary N) is 2. The Labute approximate surface area is 243 Å². The highest BCUT2D eigenvalue weighted by Crippen LogP contribution is 2.35. The molecule has 1 fully saturated rings. The van der Waals surface area contributed by atoms with E-state index < -0.39 is 5.97 Å². The van der Waals surface area contributed by atoms with Crippen molar-refractivity contribution in [1.82, 2.24) is 30.1 Å². The van der Waals surface area contributed by atoms with Crippen LogP contribution in [0.15, 0.2) is 60.8 Å². The van der Waals surface area contributed by atoms with Crippen LogP contribution in [0.4, 0.5) is 0 Å². The Balaban J connectivity index is 1.10. The number of piperidine rings is 1. The summed E-state index contributed by atoms with van der Waals surface area (Å²) < 4.78 is 1.43. The number of amides is 2. The number of carbonyl (C=O) groups is 3. The fourth-order valence-electron chi connectivity index (χ4n) is 6.20. The number of aromatic nitrogens is 3. The summed E-state index contributed by atoms with van der Waals surface area (Å²) in [7, 11) is 0. The molecule has 0 bridgehead atoms. The molecule has 4 aromatic rings. The first-order valence-electron chi connectivity index (χ1n) is 14.4. The summed E-state index contributed by atoms with van der Waals surface area (Å²) in [5.41, 5.74) is 5.01. The van der Waals surface area contributed by atoms with Crippen LogP contribution in [-0.4, -0.2) is 62.0 Å². The minimum absolute atomic E-state index is 0.170. The summed E-state index contributed by atoms with van der Waals surface area (Å²) >= 11 is 0. The standard InChI is InChI=1S/C32H34N6O4/c1-20-23-9-10-26(25(23)8-7-24(20)32(41)42)36-31(40)28-17-27(35-29-11-14-34-38(28)29)30(39)33-18-21-12-15-37(16-13-21)19-22-5-3-2-4-6-22/h2-8,11,14,17,21,26H,9-10,12-13,15-16,18-19H2,1H3,(H,33,39)(H,36,40)(H,41,42)/t26-/m0/s1. The van der Waals surface area contributed by atoms with Gasteiger partial charge >= 0.3 is 5.97 Å². The van der Waals surface area contributed by atoms with Gasteiger partial charge in [0.15, 0.2) is 5.65 Å². The number of carboxylic acid groups (broad SMARTS) is 1. The molecule has 0 spiro atoms. The molecule has 10 nitrogen and oxygen atoms in total. The lowest BCUT2D eigenvalue weighted by molar-refractivity contribution is 0.0695. The topological polar surface area (TPSA) is 129 Å². The number of likely N-dealkylation sites (tertiary alicyclic amines) is 1. The Kier molecular flexibility index (Phi) is 7.71. The lowest BCUT2D eigenvalue weighted by Crippen LogP contribution is -2.38. The van der Waals surface area contributed by atoms with E-state index in [1.54, 1.807) is 24.4 Å². The first-order valence-corrected chi connectivity index (χ1v) is 14.4. The molecule has 2 aromatic carbocycles. The van der Waals surface area contributed by atoms with Crippen molar-refractivity contribution in [2.24, 2.45) is 5.92 Å². The molecular weight excluding hydrogens is 532 g/mol. The van der Waals surface area contributed by atoms with E-state index in [2.05, 4.69) is 49.9 Å². The van der Waals surface area contributed by atoms with Gasteiger partial charge in [0, 0.05) is 25.2 Å². The second-order valence-electron chi connectivity index (χ2n) is 11.2. The maximum atomic E-state index is 13.5. The van der Waals surface area contributed by atoms with E-state index in [0.29, 0.717) is 31.0 Å². The van der Waals surface area contributed by atoms with E-state index in [4.69, 9.17) is 0 Å². The number of carbonyl (C=O) groups excluding carboxylic acids is 2. The molecule has 216 valence electrons. The van der Waals surface area contributed by atoms with Crippen molar-refractivity contribution in [2.75, 3.05) is 19.6 Å². The quantitative estimate of drug-likeness (QED) is 0.296. The Morgan fingerprint density at radius 3 is 2.55 bits per heavy atom. The number of aromatic carboxylic acids is 1. The van der Waals surface area contributed by atoms with Crippen LogP contribution >= 0.6 is 0 Å². The molecule has 10 heteroatoms. The lowest BCUT2D eigenvalue weighted by Gasteiger charge is -2.32. The molecule has 1 saturated heterocycles. The van der Waals surface area contributed by atoms with Crippen molar-refractivity contribution in [1.29, 1.82) is 0 Å². The molecule has 1 atom stereocenters. The first kappa shape index (κ1) is 27.6. The minimum Gasteiger partial charge on any atom is -0.478 e. The average molecular weight is 567 g/mol. The fourth-order valence-corrected chi connectivity index (χ4v) is 6.20. The van der Waals surface area contributed by atoms with Gasteiger partial charge in [-0.3, -0.25) is 14.5 Å². The van der Waals surface area contributed by atoms with Crippen LogP contribution in [0.5, 0.6) is 0 Å². The van der Waals surface area contributed by atoms with Gasteiger partial charge in [-0.1, -0.05) is 36.4 Å². The van der Waals surface area contributed by atoms with Crippen LogP contribution in [0.2, 0.25) is 0 Å². The maximum Gasteiger partial charge on any atom is 0.335 e. The highest BCUT2D eigenvalue weighted by Gasteiger charge is 2.29. The Hall–Kier alpha value is -4.57. The predicted octanol–water partition coefficient (Wildman–Crippen LogP) is 3.80. The van der Waals surface area contributed by atoms with Crippen molar-refractivity contribution in [3.8, 4) is 0 Å². The van der Waals surface area contributed by atoms with E-state index in [-0.39, 0.29) is 34.8 Å². The Morgan fingerprint density at radius 1 is 1.00 bits per heavy atom. The van der Waals surface area contributed by atoms with Crippen LogP contribution in [0.25, 0.3) is 5.65 Å². The summed E-state index contributed by atoms with van der Waals surface area (Å²) in [5, 5.41) is 19.8. The monoisotopic (exact) mass is 566 g/mol. The number of nitrogens with zero attached hydrogens (tertiary/aromatic N) is 4. The van der Waals surface area contributed by atoms with Gasteiger partial charge in [-0.05, 0) is 79.9 Å². The zero-order valence-corrected chi connectivity index (χ0v) is 23.5. The highest BCUT2D eigenvalue weighted by atomic mass is 16.4. The van der Waals surface area contributed by atoms with Gasteiger partial charge < -0.3 is 15.7 Å². The third-order valence-electron chi connectivity index (χ3n) is 8.56. The number of carboxylic acids is 1. The fraction of sp³-hybridized carbons (Fsp3) is 0.344. The summed E-state index contributed by atoms with van der Waals surface area (Å²) in [6.07, 6.45) is 4.90. The lowest BCUT2D eigenvalue weighted by atomic mass is 9.96. The van der Waals surface area contributed by atoms with Crippen molar-refractivity contribution >= 4 is 23.4 Å². The van der Waals surface area contributed by atoms with E-state index in [9.17, 15) is 19.5 Å². The molecule has 3 N–H and O–H groups in total. The van der Waals surface area contributed by atoms with Crippen LogP contribution < -0.4 is 10.6 Å². The predicted molar refractivity (Wildman–Crippen MR) is 156 cm³/mol. The SMILES string of the molecule is Cc1c(C(=O)O)ccc2c1CC[C@@H]2NC(=O)c1cc(C(=O)NCC2CCN(Cc3ccccc3)CC2)nc2ccnn12. The molecule has 2 aliphatic rings. The molecule has 0 saturated carbocycles. The number of benzene rings is 2. The summed E-state index contributed by atoms with van der Waals surface area (Å²) in [6, 6.07) is 16.7. The van der Waals surface area contributed by atoms with Crippen molar-refractivity contribution in [3.63, 3.8) is 0 Å². The summed E-state index contributed by atoms with van der Waals surface area (Å²) in [4.78, 5) is 45.1. The summed E-state index contributed by atoms with van der Waals surface area (Å²) in [5.74, 6) is -1.26.